The van der Waals surface area contributed by atoms with E-state index in [9.17, 15) is 13.5 Å². The lowest BCUT2D eigenvalue weighted by molar-refractivity contribution is 0.480. The van der Waals surface area contributed by atoms with E-state index in [2.05, 4.69) is 30.1 Å². The first-order chi connectivity index (χ1) is 24.1. The molecule has 0 unspecified atom stereocenters. The number of aryl methyl sites for hydroxylation is 1. The van der Waals surface area contributed by atoms with Gasteiger partial charge in [-0.25, -0.2) is 19.0 Å². The summed E-state index contributed by atoms with van der Waals surface area (Å²) < 4.78 is 35.7. The largest absolute Gasteiger partial charge is 0.505 e. The highest BCUT2D eigenvalue weighted by molar-refractivity contribution is 7.87. The average Bonchev–Trinajstić information content (AvgIpc) is 3.89. The topological polar surface area (TPSA) is 150 Å². The van der Waals surface area contributed by atoms with Crippen molar-refractivity contribution in [1.82, 2.24) is 39.2 Å². The number of hydrogen-bond acceptors (Lipinski definition) is 12. The average molecular weight is 760 g/mol. The first-order valence-corrected chi connectivity index (χ1v) is 18.4. The van der Waals surface area contributed by atoms with Crippen LogP contribution in [-0.2, 0) is 10.1 Å². The van der Waals surface area contributed by atoms with Gasteiger partial charge in [-0.1, -0.05) is 40.9 Å². The summed E-state index contributed by atoms with van der Waals surface area (Å²) in [5.74, 6) is 0.350. The van der Waals surface area contributed by atoms with E-state index in [1.54, 1.807) is 64.2 Å². The number of hydrogen-bond donors (Lipinski definition) is 1. The summed E-state index contributed by atoms with van der Waals surface area (Å²) in [6.07, 6.45) is 9.65. The SMILES string of the molecule is Cc1ccc(S(=O)(=O)Oc2cncc3cc(-c4cnc5ccc(Cl)nn45)sc23)cc1.Oc1cncc2cc(-c3cnc4ccc(Cl)nn34)sc12. The van der Waals surface area contributed by atoms with Gasteiger partial charge in [0.05, 0.1) is 43.9 Å². The van der Waals surface area contributed by atoms with Gasteiger partial charge in [-0.3, -0.25) is 9.97 Å². The van der Waals surface area contributed by atoms with E-state index in [-0.39, 0.29) is 16.4 Å². The second-order valence-corrected chi connectivity index (χ2v) is 15.3. The molecule has 0 aliphatic carbocycles. The molecule has 0 saturated heterocycles. The molecule has 1 aromatic carbocycles. The molecule has 0 aliphatic rings. The number of imidazole rings is 2. The maximum absolute atomic E-state index is 12.7. The Morgan fingerprint density at radius 3 is 1.82 bits per heavy atom. The van der Waals surface area contributed by atoms with Gasteiger partial charge in [-0.15, -0.1) is 22.7 Å². The molecule has 9 aromatic rings. The van der Waals surface area contributed by atoms with Crippen molar-refractivity contribution >= 4 is 87.5 Å². The first kappa shape index (κ1) is 32.0. The Morgan fingerprint density at radius 1 is 0.700 bits per heavy atom. The van der Waals surface area contributed by atoms with E-state index in [1.807, 2.05) is 25.1 Å². The molecule has 8 aromatic heterocycles. The molecule has 1 N–H and O–H groups in total. The van der Waals surface area contributed by atoms with Gasteiger partial charge in [0.25, 0.3) is 0 Å². The number of halogens is 2. The maximum atomic E-state index is 12.7. The van der Waals surface area contributed by atoms with E-state index in [0.717, 1.165) is 47.8 Å². The molecule has 248 valence electrons. The highest BCUT2D eigenvalue weighted by Gasteiger charge is 2.21. The van der Waals surface area contributed by atoms with Crippen molar-refractivity contribution in [2.24, 2.45) is 0 Å². The van der Waals surface area contributed by atoms with Crippen LogP contribution in [0.4, 0.5) is 0 Å². The zero-order chi connectivity index (χ0) is 34.6. The number of aromatic hydroxyl groups is 1. The zero-order valence-corrected chi connectivity index (χ0v) is 29.4. The molecule has 0 fully saturated rings. The Kier molecular flexibility index (Phi) is 8.08. The lowest BCUT2D eigenvalue weighted by atomic mass is 10.2. The van der Waals surface area contributed by atoms with Gasteiger partial charge in [-0.2, -0.15) is 18.6 Å². The summed E-state index contributed by atoms with van der Waals surface area (Å²) >= 11 is 14.8. The molecule has 0 spiro atoms. The minimum absolute atomic E-state index is 0.0857. The zero-order valence-electron chi connectivity index (χ0n) is 25.5. The van der Waals surface area contributed by atoms with Crippen molar-refractivity contribution in [1.29, 1.82) is 0 Å². The molecule has 0 amide bonds. The number of nitrogens with zero attached hydrogens (tertiary/aromatic N) is 8. The highest BCUT2D eigenvalue weighted by Crippen LogP contribution is 2.40. The van der Waals surface area contributed by atoms with Crippen molar-refractivity contribution in [3.8, 4) is 32.6 Å². The predicted molar refractivity (Wildman–Crippen MR) is 194 cm³/mol. The van der Waals surface area contributed by atoms with E-state index >= 15 is 0 Å². The molecule has 17 heteroatoms. The second kappa shape index (κ2) is 12.6. The fourth-order valence-electron chi connectivity index (χ4n) is 5.11. The second-order valence-electron chi connectivity index (χ2n) is 10.8. The number of fused-ring (bicyclic) bond motifs is 4. The third-order valence-electron chi connectivity index (χ3n) is 7.47. The lowest BCUT2D eigenvalue weighted by Gasteiger charge is -2.07. The van der Waals surface area contributed by atoms with Gasteiger partial charge >= 0.3 is 10.1 Å². The van der Waals surface area contributed by atoms with Crippen molar-refractivity contribution in [3.63, 3.8) is 0 Å². The summed E-state index contributed by atoms with van der Waals surface area (Å²) in [5, 5.41) is 20.8. The van der Waals surface area contributed by atoms with Crippen molar-refractivity contribution < 1.29 is 17.7 Å². The van der Waals surface area contributed by atoms with Crippen LogP contribution in [0, 0.1) is 6.92 Å². The van der Waals surface area contributed by atoms with E-state index in [1.165, 1.54) is 47.2 Å². The standard InChI is InChI=1S/C20H13ClN4O3S2.C13H7ClN4OS/c1-12-2-4-14(5-3-12)30(26,27)28-16-11-22-9-13-8-17(29-20(13)16)15-10-23-19-7-6-18(21)24-25(15)19;14-11-1-2-12-16-5-8(18(12)17-11)10-3-7-4-15-6-9(19)13(7)20-10/h2-11H,1H3;1-6,19H. The Morgan fingerprint density at radius 2 is 1.24 bits per heavy atom. The lowest BCUT2D eigenvalue weighted by Crippen LogP contribution is -2.09. The third-order valence-corrected chi connectivity index (χ3v) is 11.5. The van der Waals surface area contributed by atoms with Gasteiger partial charge in [-0.05, 0) is 55.5 Å². The number of rotatable bonds is 5. The molecule has 0 aliphatic heterocycles. The normalized spacial score (nSPS) is 11.7. The van der Waals surface area contributed by atoms with Gasteiger partial charge < -0.3 is 9.29 Å². The van der Waals surface area contributed by atoms with Crippen molar-refractivity contribution in [3.05, 3.63) is 114 Å². The van der Waals surface area contributed by atoms with Gasteiger partial charge in [0.15, 0.2) is 22.8 Å². The predicted octanol–water partition coefficient (Wildman–Crippen LogP) is 8.10. The number of thiophene rings is 2. The van der Waals surface area contributed by atoms with Gasteiger partial charge in [0.2, 0.25) is 0 Å². The van der Waals surface area contributed by atoms with Crippen molar-refractivity contribution in [2.75, 3.05) is 0 Å². The molecule has 12 nitrogen and oxygen atoms in total. The van der Waals surface area contributed by atoms with E-state index < -0.39 is 10.1 Å². The molecule has 0 bridgehead atoms. The number of pyridine rings is 2. The van der Waals surface area contributed by atoms with Gasteiger partial charge in [0, 0.05) is 23.2 Å². The molecule has 0 radical (unpaired) electrons. The minimum atomic E-state index is -3.99. The van der Waals surface area contributed by atoms with Gasteiger partial charge in [0.1, 0.15) is 26.6 Å². The smallest absolute Gasteiger partial charge is 0.339 e. The van der Waals surface area contributed by atoms with Crippen LogP contribution in [0.2, 0.25) is 10.3 Å². The van der Waals surface area contributed by atoms with E-state index in [4.69, 9.17) is 27.4 Å². The van der Waals surface area contributed by atoms with Crippen molar-refractivity contribution in [2.45, 2.75) is 11.8 Å². The van der Waals surface area contributed by atoms with Crippen LogP contribution in [0.3, 0.4) is 0 Å². The Hall–Kier alpha value is -5.19. The fourth-order valence-corrected chi connectivity index (χ4v) is 8.48. The van der Waals surface area contributed by atoms with Crippen LogP contribution < -0.4 is 4.18 Å². The van der Waals surface area contributed by atoms with Crippen LogP contribution in [0.15, 0.2) is 103 Å². The Balaban J connectivity index is 0.000000156. The van der Waals surface area contributed by atoms with Crippen LogP contribution in [0.1, 0.15) is 5.56 Å². The fraction of sp³-hybridized carbons (Fsp3) is 0.0303. The maximum Gasteiger partial charge on any atom is 0.339 e. The monoisotopic (exact) mass is 758 g/mol. The van der Waals surface area contributed by atoms with Crippen LogP contribution in [-0.4, -0.2) is 52.7 Å². The van der Waals surface area contributed by atoms with E-state index in [0.29, 0.717) is 20.7 Å². The van der Waals surface area contributed by atoms with Crippen LogP contribution in [0.5, 0.6) is 11.5 Å². The van der Waals surface area contributed by atoms with Crippen LogP contribution >= 0.6 is 45.9 Å². The molecular formula is C33H20Cl2N8O4S3. The van der Waals surface area contributed by atoms with Crippen LogP contribution in [0.25, 0.3) is 52.6 Å². The Labute approximate surface area is 301 Å². The summed E-state index contributed by atoms with van der Waals surface area (Å²) in [6, 6.07) is 17.3. The molecule has 8 heterocycles. The molecule has 9 rings (SSSR count). The molecular weight excluding hydrogens is 740 g/mol. The molecule has 50 heavy (non-hydrogen) atoms. The molecule has 0 atom stereocenters. The number of benzene rings is 1. The third kappa shape index (κ3) is 5.99. The highest BCUT2D eigenvalue weighted by atomic mass is 35.5. The summed E-state index contributed by atoms with van der Waals surface area (Å²) in [6.45, 7) is 1.89. The summed E-state index contributed by atoms with van der Waals surface area (Å²) in [7, 11) is -3.99. The summed E-state index contributed by atoms with van der Waals surface area (Å²) in [5.41, 5.74) is 3.92. The summed E-state index contributed by atoms with van der Waals surface area (Å²) in [4.78, 5) is 18.6. The quantitative estimate of drug-likeness (QED) is 0.171. The molecule has 0 saturated carbocycles. The first-order valence-electron chi connectivity index (χ1n) is 14.6. The Bertz CT molecular complexity index is 2830. The minimum Gasteiger partial charge on any atom is -0.505 e. The number of aromatic nitrogens is 8.